The van der Waals surface area contributed by atoms with Gasteiger partial charge in [0.15, 0.2) is 0 Å². The van der Waals surface area contributed by atoms with E-state index in [1.807, 2.05) is 36.4 Å². The van der Waals surface area contributed by atoms with E-state index in [9.17, 15) is 9.59 Å². The number of rotatable bonds is 3. The van der Waals surface area contributed by atoms with E-state index >= 15 is 0 Å². The molecule has 28 heavy (non-hydrogen) atoms. The maximum Gasteiger partial charge on any atom is 0.511 e. The molecule has 0 atom stereocenters. The van der Waals surface area contributed by atoms with E-state index in [4.69, 9.17) is 19.7 Å². The second-order valence-electron chi connectivity index (χ2n) is 6.05. The number of fused-ring (bicyclic) bond motifs is 2. The lowest BCUT2D eigenvalue weighted by molar-refractivity contribution is 0.143. The van der Waals surface area contributed by atoms with E-state index < -0.39 is 12.3 Å². The topological polar surface area (TPSA) is 93.1 Å². The fourth-order valence-corrected chi connectivity index (χ4v) is 3.38. The summed E-state index contributed by atoms with van der Waals surface area (Å²) in [5.74, 6) is 0.504. The van der Waals surface area contributed by atoms with Crippen LogP contribution in [0.2, 0.25) is 0 Å². The summed E-state index contributed by atoms with van der Waals surface area (Å²) in [5, 5.41) is 20.9. The van der Waals surface area contributed by atoms with Gasteiger partial charge in [0.1, 0.15) is 11.5 Å². The molecule has 138 valence electrons. The van der Waals surface area contributed by atoms with E-state index in [1.165, 1.54) is 0 Å². The van der Waals surface area contributed by atoms with Gasteiger partial charge in [-0.15, -0.1) is 0 Å². The molecule has 6 heteroatoms. The van der Waals surface area contributed by atoms with Gasteiger partial charge < -0.3 is 19.7 Å². The van der Waals surface area contributed by atoms with Crippen LogP contribution in [0.25, 0.3) is 32.7 Å². The number of carboxylic acid groups (broad SMARTS) is 2. The molecular formula is C22H14O6. The molecule has 0 aliphatic carbocycles. The minimum Gasteiger partial charge on any atom is -0.449 e. The van der Waals surface area contributed by atoms with Crippen LogP contribution < -0.4 is 9.47 Å². The van der Waals surface area contributed by atoms with Crippen LogP contribution in [0.4, 0.5) is 9.59 Å². The van der Waals surface area contributed by atoms with Crippen molar-refractivity contribution in [1.82, 2.24) is 0 Å². The molecule has 0 radical (unpaired) electrons. The third-order valence-electron chi connectivity index (χ3n) is 4.45. The van der Waals surface area contributed by atoms with Gasteiger partial charge in [0.25, 0.3) is 0 Å². The molecule has 0 amide bonds. The fraction of sp³-hybridized carbons (Fsp3) is 0. The van der Waals surface area contributed by atoms with Crippen molar-refractivity contribution in [2.75, 3.05) is 0 Å². The Morgan fingerprint density at radius 1 is 0.536 bits per heavy atom. The first-order valence-electron chi connectivity index (χ1n) is 8.40. The van der Waals surface area contributed by atoms with Crippen LogP contribution in [0.15, 0.2) is 72.8 Å². The van der Waals surface area contributed by atoms with Crippen LogP contribution >= 0.6 is 0 Å². The summed E-state index contributed by atoms with van der Waals surface area (Å²) in [6.45, 7) is 0. The van der Waals surface area contributed by atoms with E-state index in [0.29, 0.717) is 10.8 Å². The first-order valence-corrected chi connectivity index (χ1v) is 8.40. The molecular weight excluding hydrogens is 360 g/mol. The second-order valence-corrected chi connectivity index (χ2v) is 6.05. The van der Waals surface area contributed by atoms with Crippen LogP contribution in [0, 0.1) is 0 Å². The predicted octanol–water partition coefficient (Wildman–Crippen LogP) is 5.77. The van der Waals surface area contributed by atoms with Crippen molar-refractivity contribution in [3.05, 3.63) is 72.8 Å². The highest BCUT2D eigenvalue weighted by molar-refractivity contribution is 6.08. The second kappa shape index (κ2) is 6.92. The van der Waals surface area contributed by atoms with E-state index in [0.717, 1.165) is 21.9 Å². The maximum atomic E-state index is 11.0. The quantitative estimate of drug-likeness (QED) is 0.349. The summed E-state index contributed by atoms with van der Waals surface area (Å²) >= 11 is 0. The van der Waals surface area contributed by atoms with Crippen molar-refractivity contribution in [2.24, 2.45) is 0 Å². The average molecular weight is 374 g/mol. The maximum absolute atomic E-state index is 11.0. The average Bonchev–Trinajstić information content (AvgIpc) is 2.68. The number of ether oxygens (including phenoxy) is 2. The number of hydrogen-bond donors (Lipinski definition) is 2. The van der Waals surface area contributed by atoms with Crippen molar-refractivity contribution >= 4 is 33.9 Å². The zero-order chi connectivity index (χ0) is 19.7. The molecule has 0 aliphatic heterocycles. The normalized spacial score (nSPS) is 10.7. The lowest BCUT2D eigenvalue weighted by Gasteiger charge is -2.14. The van der Waals surface area contributed by atoms with E-state index in [1.54, 1.807) is 36.4 Å². The summed E-state index contributed by atoms with van der Waals surface area (Å²) in [6.07, 6.45) is -2.75. The molecule has 0 heterocycles. The Bertz CT molecular complexity index is 1130. The molecule has 2 N–H and O–H groups in total. The highest BCUT2D eigenvalue weighted by Crippen LogP contribution is 2.40. The number of carbonyl (C=O) groups is 2. The van der Waals surface area contributed by atoms with Crippen molar-refractivity contribution in [3.63, 3.8) is 0 Å². The first kappa shape index (κ1) is 17.4. The van der Waals surface area contributed by atoms with Gasteiger partial charge in [0, 0.05) is 10.8 Å². The van der Waals surface area contributed by atoms with Gasteiger partial charge in [-0.2, -0.15) is 0 Å². The fourth-order valence-electron chi connectivity index (χ4n) is 3.38. The van der Waals surface area contributed by atoms with Crippen molar-refractivity contribution in [3.8, 4) is 22.6 Å². The molecule has 0 unspecified atom stereocenters. The monoisotopic (exact) mass is 374 g/mol. The van der Waals surface area contributed by atoms with Gasteiger partial charge in [-0.3, -0.25) is 0 Å². The van der Waals surface area contributed by atoms with Crippen molar-refractivity contribution in [2.45, 2.75) is 0 Å². The highest BCUT2D eigenvalue weighted by Gasteiger charge is 2.15. The molecule has 0 bridgehead atoms. The molecule has 0 aliphatic rings. The smallest absolute Gasteiger partial charge is 0.449 e. The number of benzene rings is 4. The Morgan fingerprint density at radius 2 is 0.893 bits per heavy atom. The highest BCUT2D eigenvalue weighted by atomic mass is 16.7. The largest absolute Gasteiger partial charge is 0.511 e. The Morgan fingerprint density at radius 3 is 1.25 bits per heavy atom. The lowest BCUT2D eigenvalue weighted by atomic mass is 9.93. The molecule has 4 rings (SSSR count). The van der Waals surface area contributed by atoms with E-state index in [-0.39, 0.29) is 11.5 Å². The van der Waals surface area contributed by atoms with Crippen LogP contribution in [0.3, 0.4) is 0 Å². The molecule has 0 spiro atoms. The third-order valence-corrected chi connectivity index (χ3v) is 4.45. The standard InChI is InChI=1S/C22H14O6/c23-21(24)27-19-11-9-15(13-5-1-3-7-17(13)19)16-10-12-20(28-22(25)26)18-8-4-2-6-14(16)18/h1-12H,(H,23,24)(H,25,26). The van der Waals surface area contributed by atoms with Gasteiger partial charge in [-0.25, -0.2) is 9.59 Å². The zero-order valence-electron chi connectivity index (χ0n) is 14.5. The summed E-state index contributed by atoms with van der Waals surface area (Å²) in [4.78, 5) is 22.0. The van der Waals surface area contributed by atoms with Gasteiger partial charge in [0.2, 0.25) is 0 Å². The number of hydrogen-bond acceptors (Lipinski definition) is 4. The molecule has 4 aromatic carbocycles. The van der Waals surface area contributed by atoms with Crippen LogP contribution in [0.1, 0.15) is 0 Å². The molecule has 6 nitrogen and oxygen atoms in total. The zero-order valence-corrected chi connectivity index (χ0v) is 14.5. The Hall–Kier alpha value is -4.06. The molecule has 0 aromatic heterocycles. The first-order chi connectivity index (χ1) is 13.5. The van der Waals surface area contributed by atoms with Crippen LogP contribution in [-0.4, -0.2) is 22.5 Å². The molecule has 0 saturated heterocycles. The Balaban J connectivity index is 1.98. The van der Waals surface area contributed by atoms with Crippen LogP contribution in [-0.2, 0) is 0 Å². The predicted molar refractivity (Wildman–Crippen MR) is 104 cm³/mol. The molecule has 0 saturated carbocycles. The summed E-state index contributed by atoms with van der Waals surface area (Å²) in [7, 11) is 0. The summed E-state index contributed by atoms with van der Waals surface area (Å²) < 4.78 is 9.80. The minimum absolute atomic E-state index is 0.252. The molecule has 4 aromatic rings. The minimum atomic E-state index is -1.38. The van der Waals surface area contributed by atoms with E-state index in [2.05, 4.69) is 0 Å². The summed E-state index contributed by atoms with van der Waals surface area (Å²) in [6, 6.07) is 21.5. The lowest BCUT2D eigenvalue weighted by Crippen LogP contribution is -2.04. The Kier molecular flexibility index (Phi) is 4.29. The third kappa shape index (κ3) is 3.07. The van der Waals surface area contributed by atoms with Crippen molar-refractivity contribution < 1.29 is 29.3 Å². The SMILES string of the molecule is O=C(O)Oc1ccc(-c2ccc(OC(=O)O)c3ccccc23)c2ccccc12. The van der Waals surface area contributed by atoms with Crippen molar-refractivity contribution in [1.29, 1.82) is 0 Å². The van der Waals surface area contributed by atoms with Crippen LogP contribution in [0.5, 0.6) is 11.5 Å². The summed E-state index contributed by atoms with van der Waals surface area (Å²) in [5.41, 5.74) is 1.73. The Labute approximate surface area is 159 Å². The van der Waals surface area contributed by atoms with Gasteiger partial charge in [0.05, 0.1) is 0 Å². The molecule has 0 fully saturated rings. The van der Waals surface area contributed by atoms with Gasteiger partial charge in [-0.05, 0) is 34.0 Å². The van der Waals surface area contributed by atoms with Gasteiger partial charge >= 0.3 is 12.3 Å². The van der Waals surface area contributed by atoms with Gasteiger partial charge in [-0.1, -0.05) is 60.7 Å².